The average molecular weight is 166 g/mol. The highest BCUT2D eigenvalue weighted by atomic mass is 35.5. The minimum atomic E-state index is -0.0301. The molecule has 1 aliphatic heterocycles. The van der Waals surface area contributed by atoms with E-state index >= 15 is 0 Å². The summed E-state index contributed by atoms with van der Waals surface area (Å²) in [6, 6.07) is 0. The summed E-state index contributed by atoms with van der Waals surface area (Å²) in [5.74, 6) is 0.155. The Kier molecular flexibility index (Phi) is 2.24. The number of nitrogens with zero attached hydrogens (tertiary/aromatic N) is 1. The fraction of sp³-hybridized carbons (Fsp3) is 0.800. The highest BCUT2D eigenvalue weighted by Crippen LogP contribution is 2.31. The topological polar surface area (TPSA) is 20.3 Å². The second-order valence-electron chi connectivity index (χ2n) is 1.81. The Morgan fingerprint density at radius 1 is 2.00 bits per heavy atom. The van der Waals surface area contributed by atoms with E-state index < -0.39 is 0 Å². The molecular formula is C5H8ClNOS. The normalized spacial score (nSPS) is 27.6. The van der Waals surface area contributed by atoms with E-state index in [1.54, 1.807) is 4.31 Å². The van der Waals surface area contributed by atoms with E-state index in [9.17, 15) is 4.79 Å². The molecule has 1 heterocycles. The third-order valence-corrected chi connectivity index (χ3v) is 2.65. The van der Waals surface area contributed by atoms with Gasteiger partial charge in [-0.15, -0.1) is 11.6 Å². The first kappa shape index (κ1) is 7.22. The number of carbonyl (C=O) groups excluding carboxylic acids is 1. The Morgan fingerprint density at radius 2 is 2.67 bits per heavy atom. The summed E-state index contributed by atoms with van der Waals surface area (Å²) in [4.78, 5) is 10.8. The van der Waals surface area contributed by atoms with E-state index in [0.717, 1.165) is 6.54 Å². The number of alkyl halides is 1. The molecule has 1 amide bonds. The molecule has 0 aliphatic carbocycles. The second-order valence-corrected chi connectivity index (χ2v) is 3.81. The zero-order valence-corrected chi connectivity index (χ0v) is 6.71. The number of amides is 1. The molecule has 0 aromatic rings. The molecule has 0 aromatic carbocycles. The quantitative estimate of drug-likeness (QED) is 0.433. The van der Waals surface area contributed by atoms with Gasteiger partial charge in [-0.25, -0.2) is 0 Å². The van der Waals surface area contributed by atoms with Crippen molar-refractivity contribution in [2.75, 3.05) is 6.54 Å². The molecule has 1 unspecified atom stereocenters. The van der Waals surface area contributed by atoms with Crippen molar-refractivity contribution in [2.24, 2.45) is 0 Å². The molecule has 1 rings (SSSR count). The van der Waals surface area contributed by atoms with Gasteiger partial charge in [0.2, 0.25) is 5.91 Å². The smallest absolute Gasteiger partial charge is 0.234 e. The maximum Gasteiger partial charge on any atom is 0.234 e. The standard InChI is InChI=1S/C5H8ClNOS/c1-2-7-5(8)3-4(6)9-7/h4H,2-3H2,1H3. The van der Waals surface area contributed by atoms with E-state index in [-0.39, 0.29) is 10.6 Å². The molecule has 0 radical (unpaired) electrons. The van der Waals surface area contributed by atoms with Crippen molar-refractivity contribution < 1.29 is 4.79 Å². The van der Waals surface area contributed by atoms with Gasteiger partial charge in [-0.3, -0.25) is 9.10 Å². The van der Waals surface area contributed by atoms with Crippen LogP contribution in [0.25, 0.3) is 0 Å². The first-order valence-electron chi connectivity index (χ1n) is 2.85. The van der Waals surface area contributed by atoms with Gasteiger partial charge in [-0.1, -0.05) is 0 Å². The van der Waals surface area contributed by atoms with E-state index in [1.165, 1.54) is 11.9 Å². The SMILES string of the molecule is CCN1SC(Cl)CC1=O. The lowest BCUT2D eigenvalue weighted by atomic mass is 10.4. The van der Waals surface area contributed by atoms with Crippen LogP contribution < -0.4 is 0 Å². The van der Waals surface area contributed by atoms with Gasteiger partial charge in [0.15, 0.2) is 0 Å². The van der Waals surface area contributed by atoms with Crippen LogP contribution >= 0.6 is 23.5 Å². The summed E-state index contributed by atoms with van der Waals surface area (Å²) in [6.07, 6.45) is 0.486. The van der Waals surface area contributed by atoms with Crippen molar-refractivity contribution in [1.29, 1.82) is 0 Å². The van der Waals surface area contributed by atoms with Gasteiger partial charge < -0.3 is 0 Å². The van der Waals surface area contributed by atoms with Gasteiger partial charge in [0.1, 0.15) is 4.71 Å². The van der Waals surface area contributed by atoms with Gasteiger partial charge >= 0.3 is 0 Å². The highest BCUT2D eigenvalue weighted by Gasteiger charge is 2.27. The van der Waals surface area contributed by atoms with Crippen LogP contribution in [0.15, 0.2) is 0 Å². The summed E-state index contributed by atoms with van der Waals surface area (Å²) in [6.45, 7) is 2.70. The molecule has 1 atom stereocenters. The number of carbonyl (C=O) groups is 1. The van der Waals surface area contributed by atoms with E-state index in [0.29, 0.717) is 6.42 Å². The van der Waals surface area contributed by atoms with Crippen molar-refractivity contribution in [1.82, 2.24) is 4.31 Å². The lowest BCUT2D eigenvalue weighted by Gasteiger charge is -2.08. The van der Waals surface area contributed by atoms with Gasteiger partial charge in [0.05, 0.1) is 6.42 Å². The highest BCUT2D eigenvalue weighted by molar-refractivity contribution is 7.99. The van der Waals surface area contributed by atoms with Crippen molar-refractivity contribution in [3.63, 3.8) is 0 Å². The second kappa shape index (κ2) is 2.80. The van der Waals surface area contributed by atoms with Gasteiger partial charge in [0.25, 0.3) is 0 Å². The van der Waals surface area contributed by atoms with Crippen LogP contribution in [0, 0.1) is 0 Å². The van der Waals surface area contributed by atoms with Crippen LogP contribution in [-0.4, -0.2) is 21.5 Å². The Balaban J connectivity index is 2.48. The maximum atomic E-state index is 10.8. The van der Waals surface area contributed by atoms with Crippen LogP contribution in [0.5, 0.6) is 0 Å². The van der Waals surface area contributed by atoms with Gasteiger partial charge in [-0.2, -0.15) is 0 Å². The summed E-state index contributed by atoms with van der Waals surface area (Å²) >= 11 is 7.10. The van der Waals surface area contributed by atoms with E-state index in [1.807, 2.05) is 6.92 Å². The molecule has 9 heavy (non-hydrogen) atoms. The van der Waals surface area contributed by atoms with Crippen molar-refractivity contribution >= 4 is 29.5 Å². The van der Waals surface area contributed by atoms with Gasteiger partial charge in [0, 0.05) is 6.54 Å². The fourth-order valence-electron chi connectivity index (χ4n) is 0.724. The van der Waals surface area contributed by atoms with Crippen molar-refractivity contribution in [3.05, 3.63) is 0 Å². The largest absolute Gasteiger partial charge is 0.285 e. The van der Waals surface area contributed by atoms with E-state index in [2.05, 4.69) is 0 Å². The Hall–Kier alpha value is 0.110. The minimum absolute atomic E-state index is 0.0301. The summed E-state index contributed by atoms with van der Waals surface area (Å²) in [5, 5.41) is 0. The number of hydrogen-bond acceptors (Lipinski definition) is 2. The first-order chi connectivity index (χ1) is 4.24. The zero-order chi connectivity index (χ0) is 6.85. The molecule has 0 saturated carbocycles. The van der Waals surface area contributed by atoms with E-state index in [4.69, 9.17) is 11.6 Å². The third-order valence-electron chi connectivity index (χ3n) is 1.14. The Labute approximate surface area is 63.7 Å². The molecule has 1 fully saturated rings. The van der Waals surface area contributed by atoms with Crippen LogP contribution in [0.4, 0.5) is 0 Å². The molecule has 52 valence electrons. The summed E-state index contributed by atoms with van der Waals surface area (Å²) in [7, 11) is 0. The number of rotatable bonds is 1. The van der Waals surface area contributed by atoms with Gasteiger partial charge in [-0.05, 0) is 18.9 Å². The molecule has 0 spiro atoms. The monoisotopic (exact) mass is 165 g/mol. The average Bonchev–Trinajstić information content (AvgIpc) is 2.10. The Morgan fingerprint density at radius 3 is 2.89 bits per heavy atom. The molecular weight excluding hydrogens is 158 g/mol. The number of halogens is 1. The lowest BCUT2D eigenvalue weighted by molar-refractivity contribution is -0.124. The lowest BCUT2D eigenvalue weighted by Crippen LogP contribution is -2.16. The molecule has 0 bridgehead atoms. The van der Waals surface area contributed by atoms with Crippen LogP contribution in [0.3, 0.4) is 0 Å². The minimum Gasteiger partial charge on any atom is -0.285 e. The fourth-order valence-corrected chi connectivity index (χ4v) is 1.98. The molecule has 1 saturated heterocycles. The third kappa shape index (κ3) is 1.52. The van der Waals surface area contributed by atoms with Crippen molar-refractivity contribution in [3.8, 4) is 0 Å². The zero-order valence-electron chi connectivity index (χ0n) is 5.13. The van der Waals surface area contributed by atoms with Crippen molar-refractivity contribution in [2.45, 2.75) is 18.1 Å². The predicted molar refractivity (Wildman–Crippen MR) is 39.2 cm³/mol. The molecule has 0 N–H and O–H groups in total. The predicted octanol–water partition coefficient (Wildman–Crippen LogP) is 1.45. The molecule has 0 aromatic heterocycles. The first-order valence-corrected chi connectivity index (χ1v) is 4.12. The maximum absolute atomic E-state index is 10.8. The summed E-state index contributed by atoms with van der Waals surface area (Å²) in [5.41, 5.74) is 0. The van der Waals surface area contributed by atoms with Crippen LogP contribution in [0.2, 0.25) is 0 Å². The molecule has 2 nitrogen and oxygen atoms in total. The van der Waals surface area contributed by atoms with Crippen LogP contribution in [0.1, 0.15) is 13.3 Å². The Bertz CT molecular complexity index is 130. The molecule has 4 heteroatoms. The number of hydrogen-bond donors (Lipinski definition) is 0. The van der Waals surface area contributed by atoms with Crippen LogP contribution in [-0.2, 0) is 4.79 Å². The summed E-state index contributed by atoms with van der Waals surface area (Å²) < 4.78 is 1.66. The molecule has 1 aliphatic rings.